The smallest absolute Gasteiger partial charge is 0.0725 e. The summed E-state index contributed by atoms with van der Waals surface area (Å²) in [6, 6.07) is 45.6. The van der Waals surface area contributed by atoms with Gasteiger partial charge in [-0.1, -0.05) is 141 Å². The molecule has 9 aromatic rings. The van der Waals surface area contributed by atoms with E-state index in [9.17, 15) is 4.11 Å². The van der Waals surface area contributed by atoms with Gasteiger partial charge in [0.25, 0.3) is 0 Å². The van der Waals surface area contributed by atoms with Crippen molar-refractivity contribution in [2.75, 3.05) is 4.90 Å². The second-order valence-corrected chi connectivity index (χ2v) is 16.1. The molecule has 254 valence electrons. The van der Waals surface area contributed by atoms with Crippen molar-refractivity contribution in [2.24, 2.45) is 0 Å². The normalized spacial score (nSPS) is 16.6. The number of rotatable bonds is 3. The molecule has 1 heterocycles. The van der Waals surface area contributed by atoms with Crippen molar-refractivity contribution in [1.29, 1.82) is 0 Å². The second kappa shape index (κ2) is 10.7. The molecule has 8 aromatic carbocycles. The Morgan fingerprint density at radius 1 is 0.444 bits per heavy atom. The highest BCUT2D eigenvalue weighted by atomic mass is 32.1. The van der Waals surface area contributed by atoms with Gasteiger partial charge in [-0.25, -0.2) is 0 Å². The van der Waals surface area contributed by atoms with E-state index in [0.717, 1.165) is 44.8 Å². The van der Waals surface area contributed by atoms with Gasteiger partial charge in [0.05, 0.1) is 15.0 Å². The summed E-state index contributed by atoms with van der Waals surface area (Å²) in [5.74, 6) is 0. The minimum absolute atomic E-state index is 0.0636. The monoisotopic (exact) mass is 712 g/mol. The Labute approximate surface area is 329 Å². The van der Waals surface area contributed by atoms with Gasteiger partial charge >= 0.3 is 0 Å². The first-order valence-corrected chi connectivity index (χ1v) is 19.2. The van der Waals surface area contributed by atoms with Crippen molar-refractivity contribution >= 4 is 48.6 Å². The van der Waals surface area contributed by atoms with Crippen LogP contribution in [0.15, 0.2) is 176 Å². The molecule has 0 unspecified atom stereocenters. The third-order valence-electron chi connectivity index (χ3n) is 12.2. The Kier molecular flexibility index (Phi) is 4.78. The molecule has 3 aliphatic rings. The zero-order valence-electron chi connectivity index (χ0n) is 36.6. The van der Waals surface area contributed by atoms with Crippen molar-refractivity contribution in [2.45, 2.75) is 24.7 Å². The molecule has 12 rings (SSSR count). The molecule has 1 spiro atoms. The summed E-state index contributed by atoms with van der Waals surface area (Å²) >= 11 is 1.05. The van der Waals surface area contributed by atoms with E-state index in [-0.39, 0.29) is 62.8 Å². The van der Waals surface area contributed by atoms with Crippen LogP contribution in [0, 0.1) is 0 Å². The standard InChI is InChI=1S/C52H35NS/c1-51(2)43-18-8-3-13-35(43)39-26-23-34(31-48(39)51)53(33-25-28-50-42(30-33)40-17-7-12-22-49(40)54-50)32-24-27-47-41(29-32)38-16-6-11-21-46(38)52(47)44-19-9-4-14-36(44)37-15-5-10-20-45(37)52/h3-31H,1-2H3/i7D,12D,17D,22D,25D,28D,30D. The number of thiophene rings is 1. The summed E-state index contributed by atoms with van der Waals surface area (Å²) < 4.78 is 64.4. The topological polar surface area (TPSA) is 3.24 Å². The number of hydrogen-bond donors (Lipinski definition) is 0. The zero-order valence-corrected chi connectivity index (χ0v) is 30.4. The molecule has 0 saturated carbocycles. The Bertz CT molecular complexity index is 3410. The lowest BCUT2D eigenvalue weighted by atomic mass is 9.70. The molecule has 0 radical (unpaired) electrons. The van der Waals surface area contributed by atoms with E-state index in [0.29, 0.717) is 10.4 Å². The molecular formula is C52H35NS. The highest BCUT2D eigenvalue weighted by molar-refractivity contribution is 7.25. The molecule has 0 saturated heterocycles. The van der Waals surface area contributed by atoms with Gasteiger partial charge in [-0.15, -0.1) is 11.3 Å². The van der Waals surface area contributed by atoms with E-state index in [4.69, 9.17) is 5.48 Å². The molecule has 1 nitrogen and oxygen atoms in total. The van der Waals surface area contributed by atoms with Gasteiger partial charge in [0.15, 0.2) is 0 Å². The maximum absolute atomic E-state index is 10.0. The summed E-state index contributed by atoms with van der Waals surface area (Å²) in [5.41, 5.74) is 14.7. The first-order chi connectivity index (χ1) is 29.5. The van der Waals surface area contributed by atoms with Crippen LogP contribution in [0.4, 0.5) is 17.1 Å². The third-order valence-corrected chi connectivity index (χ3v) is 13.2. The average Bonchev–Trinajstić information content (AvgIpc) is 3.99. The fraction of sp³-hybridized carbons (Fsp3) is 0.0769. The predicted octanol–water partition coefficient (Wildman–Crippen LogP) is 14.2. The van der Waals surface area contributed by atoms with Crippen LogP contribution in [0.2, 0.25) is 0 Å². The summed E-state index contributed by atoms with van der Waals surface area (Å²) in [4.78, 5) is 1.93. The van der Waals surface area contributed by atoms with Crippen molar-refractivity contribution in [1.82, 2.24) is 0 Å². The number of nitrogens with zero attached hydrogens (tertiary/aromatic N) is 1. The molecule has 0 N–H and O–H groups in total. The van der Waals surface area contributed by atoms with Gasteiger partial charge < -0.3 is 4.90 Å². The van der Waals surface area contributed by atoms with Crippen molar-refractivity contribution < 1.29 is 9.60 Å². The maximum Gasteiger partial charge on any atom is 0.0725 e. The van der Waals surface area contributed by atoms with Gasteiger partial charge in [-0.2, -0.15) is 0 Å². The number of hydrogen-bond acceptors (Lipinski definition) is 2. The average molecular weight is 713 g/mol. The Morgan fingerprint density at radius 2 is 0.963 bits per heavy atom. The molecule has 54 heavy (non-hydrogen) atoms. The second-order valence-electron chi connectivity index (χ2n) is 15.1. The zero-order chi connectivity index (χ0) is 41.9. The van der Waals surface area contributed by atoms with Crippen molar-refractivity contribution in [3.05, 3.63) is 209 Å². The molecule has 0 fully saturated rings. The number of anilines is 3. The lowest BCUT2D eigenvalue weighted by Crippen LogP contribution is -2.25. The van der Waals surface area contributed by atoms with E-state index in [1.54, 1.807) is 0 Å². The minimum Gasteiger partial charge on any atom is -0.310 e. The molecule has 0 amide bonds. The van der Waals surface area contributed by atoms with Crippen molar-refractivity contribution in [3.63, 3.8) is 0 Å². The first kappa shape index (κ1) is 24.2. The lowest BCUT2D eigenvalue weighted by Gasteiger charge is -2.31. The predicted molar refractivity (Wildman–Crippen MR) is 228 cm³/mol. The highest BCUT2D eigenvalue weighted by Crippen LogP contribution is 2.63. The Morgan fingerprint density at radius 3 is 1.67 bits per heavy atom. The van der Waals surface area contributed by atoms with Gasteiger partial charge in [0.2, 0.25) is 0 Å². The summed E-state index contributed by atoms with van der Waals surface area (Å²) in [5, 5.41) is 0.464. The third kappa shape index (κ3) is 3.78. The molecule has 2 heteroatoms. The molecule has 0 atom stereocenters. The Balaban J connectivity index is 1.17. The molecule has 1 aromatic heterocycles. The van der Waals surface area contributed by atoms with E-state index in [2.05, 4.69) is 141 Å². The van der Waals surface area contributed by atoms with Crippen LogP contribution in [-0.2, 0) is 10.8 Å². The van der Waals surface area contributed by atoms with E-state index < -0.39 is 11.5 Å². The van der Waals surface area contributed by atoms with Crippen LogP contribution in [0.5, 0.6) is 0 Å². The van der Waals surface area contributed by atoms with Crippen LogP contribution >= 0.6 is 11.3 Å². The molecule has 3 aliphatic carbocycles. The fourth-order valence-electron chi connectivity index (χ4n) is 9.87. The van der Waals surface area contributed by atoms with E-state index in [1.807, 2.05) is 11.0 Å². The Hall–Kier alpha value is -6.22. The number of fused-ring (bicyclic) bond motifs is 16. The number of benzene rings is 8. The minimum atomic E-state index is -0.557. The fourth-order valence-corrected chi connectivity index (χ4v) is 10.8. The highest BCUT2D eigenvalue weighted by Gasteiger charge is 2.51. The quantitative estimate of drug-likeness (QED) is 0.176. The first-order valence-electron chi connectivity index (χ1n) is 21.9. The summed E-state index contributed by atoms with van der Waals surface area (Å²) in [6.45, 7) is 4.44. The van der Waals surface area contributed by atoms with Crippen LogP contribution in [0.25, 0.3) is 53.6 Å². The van der Waals surface area contributed by atoms with Crippen LogP contribution < -0.4 is 4.90 Å². The summed E-state index contributed by atoms with van der Waals surface area (Å²) in [7, 11) is 0. The van der Waals surface area contributed by atoms with Gasteiger partial charge in [0, 0.05) is 42.6 Å². The van der Waals surface area contributed by atoms with Gasteiger partial charge in [-0.3, -0.25) is 0 Å². The van der Waals surface area contributed by atoms with Crippen LogP contribution in [-0.4, -0.2) is 0 Å². The van der Waals surface area contributed by atoms with Crippen LogP contribution in [0.3, 0.4) is 0 Å². The summed E-state index contributed by atoms with van der Waals surface area (Å²) in [6.07, 6.45) is 0. The van der Waals surface area contributed by atoms with E-state index in [1.165, 1.54) is 38.9 Å². The van der Waals surface area contributed by atoms with Gasteiger partial charge in [-0.05, 0) is 115 Å². The van der Waals surface area contributed by atoms with Crippen molar-refractivity contribution in [3.8, 4) is 33.4 Å². The molecule has 0 bridgehead atoms. The lowest BCUT2D eigenvalue weighted by molar-refractivity contribution is 0.660. The largest absolute Gasteiger partial charge is 0.310 e. The van der Waals surface area contributed by atoms with E-state index >= 15 is 0 Å². The van der Waals surface area contributed by atoms with Crippen LogP contribution in [0.1, 0.15) is 56.8 Å². The SMILES string of the molecule is [2H]c1c([2H])c([2H])c2c(sc3c([2H])c([2H])c(N(c4ccc5c(c4)-c4ccccc4C54c5ccccc5-c5ccccc54)c4ccc5c(c4)C(C)(C)c4ccccc4-5)c([2H])c32)c1[2H]. The van der Waals surface area contributed by atoms with Gasteiger partial charge in [0.1, 0.15) is 0 Å². The molecule has 0 aliphatic heterocycles. The molecular weight excluding hydrogens is 671 g/mol. The maximum atomic E-state index is 10.0.